The predicted molar refractivity (Wildman–Crippen MR) is 57.9 cm³/mol. The minimum atomic E-state index is -0.501. The number of amides is 1. The predicted octanol–water partition coefficient (Wildman–Crippen LogP) is -0.555. The van der Waals surface area contributed by atoms with Gasteiger partial charge in [0.15, 0.2) is 0 Å². The van der Waals surface area contributed by atoms with E-state index in [0.717, 1.165) is 5.17 Å². The van der Waals surface area contributed by atoms with Crippen LogP contribution in [0.2, 0.25) is 0 Å². The van der Waals surface area contributed by atoms with Crippen LogP contribution in [-0.4, -0.2) is 30.2 Å². The van der Waals surface area contributed by atoms with Crippen LogP contribution in [0.3, 0.4) is 0 Å². The summed E-state index contributed by atoms with van der Waals surface area (Å²) < 4.78 is 5.01. The molecule has 0 radical (unpaired) electrons. The largest absolute Gasteiger partial charge is 0.443 e. The first-order valence-corrected chi connectivity index (χ1v) is 5.45. The highest BCUT2D eigenvalue weighted by atomic mass is 32.2. The van der Waals surface area contributed by atoms with Crippen molar-refractivity contribution >= 4 is 23.0 Å². The van der Waals surface area contributed by atoms with Crippen LogP contribution >= 0.6 is 11.8 Å². The average molecular weight is 220 g/mol. The molecule has 0 spiro atoms. The maximum Gasteiger partial charge on any atom is 0.443 e. The molecule has 0 bridgehead atoms. The lowest BCUT2D eigenvalue weighted by molar-refractivity contribution is -0.419. The Hall–Kier alpha value is -0.910. The van der Waals surface area contributed by atoms with E-state index in [4.69, 9.17) is 4.74 Å². The van der Waals surface area contributed by atoms with Crippen LogP contribution in [0.15, 0.2) is 0 Å². The third kappa shape index (κ3) is 6.59. The molecule has 6 heteroatoms. The Morgan fingerprint density at radius 1 is 1.36 bits per heavy atom. The Kier molecular flexibility index (Phi) is 5.37. The summed E-state index contributed by atoms with van der Waals surface area (Å²) in [6.45, 7) is 5.43. The van der Waals surface area contributed by atoms with Crippen molar-refractivity contribution in [1.29, 1.82) is 0 Å². The van der Waals surface area contributed by atoms with Gasteiger partial charge in [-0.25, -0.2) is 4.79 Å². The molecule has 0 aliphatic carbocycles. The molecule has 0 aromatic rings. The third-order valence-electron chi connectivity index (χ3n) is 1.11. The first-order chi connectivity index (χ1) is 6.39. The second-order valence-electron chi connectivity index (χ2n) is 3.54. The Labute approximate surface area is 88.7 Å². The zero-order valence-electron chi connectivity index (χ0n) is 9.22. The van der Waals surface area contributed by atoms with Crippen molar-refractivity contribution in [3.05, 3.63) is 0 Å². The van der Waals surface area contributed by atoms with E-state index in [-0.39, 0.29) is 0 Å². The number of carbonyl (C=O) groups is 1. The Morgan fingerprint density at radius 3 is 2.29 bits per heavy atom. The first-order valence-electron chi connectivity index (χ1n) is 4.22. The van der Waals surface area contributed by atoms with Crippen LogP contribution in [0.4, 0.5) is 4.79 Å². The maximum absolute atomic E-state index is 11.1. The minimum absolute atomic E-state index is 0.481. The normalized spacial score (nSPS) is 12.2. The molecule has 0 aliphatic rings. The monoisotopic (exact) mass is 220 g/mol. The van der Waals surface area contributed by atoms with Gasteiger partial charge < -0.3 is 4.74 Å². The number of rotatable bonds is 0. The molecule has 0 atom stereocenters. The van der Waals surface area contributed by atoms with E-state index in [1.807, 2.05) is 27.0 Å². The molecule has 0 aliphatic heterocycles. The molecule has 5 nitrogen and oxygen atoms in total. The molecule has 1 amide bonds. The van der Waals surface area contributed by atoms with E-state index in [1.54, 1.807) is 7.05 Å². The summed E-state index contributed by atoms with van der Waals surface area (Å²) >= 11 is 1.45. The van der Waals surface area contributed by atoms with E-state index in [9.17, 15) is 4.79 Å². The number of hydrogen-bond donors (Lipinski definition) is 3. The Balaban J connectivity index is 3.86. The van der Waals surface area contributed by atoms with E-state index in [2.05, 4.69) is 15.8 Å². The number of amidine groups is 1. The van der Waals surface area contributed by atoms with Crippen molar-refractivity contribution in [3.63, 3.8) is 0 Å². The highest BCUT2D eigenvalue weighted by Crippen LogP contribution is 2.05. The SMILES string of the molecule is C[NH+]=C(NNC(=O)OC(C)(C)C)SC. The van der Waals surface area contributed by atoms with Crippen molar-refractivity contribution in [1.82, 2.24) is 10.9 Å². The van der Waals surface area contributed by atoms with Crippen molar-refractivity contribution in [2.45, 2.75) is 26.4 Å². The van der Waals surface area contributed by atoms with Gasteiger partial charge in [0.25, 0.3) is 0 Å². The van der Waals surface area contributed by atoms with Gasteiger partial charge in [-0.3, -0.25) is 4.99 Å². The van der Waals surface area contributed by atoms with Gasteiger partial charge in [0, 0.05) is 0 Å². The summed E-state index contributed by atoms with van der Waals surface area (Å²) in [7, 11) is 1.76. The highest BCUT2D eigenvalue weighted by Gasteiger charge is 2.17. The molecule has 0 heterocycles. The van der Waals surface area contributed by atoms with Crippen LogP contribution < -0.4 is 15.8 Å². The lowest BCUT2D eigenvalue weighted by atomic mass is 10.2. The van der Waals surface area contributed by atoms with Crippen LogP contribution in [0.1, 0.15) is 20.8 Å². The molecule has 0 rings (SSSR count). The van der Waals surface area contributed by atoms with Crippen LogP contribution in [-0.2, 0) is 4.74 Å². The van der Waals surface area contributed by atoms with E-state index >= 15 is 0 Å². The number of ether oxygens (including phenoxy) is 1. The Bertz CT molecular complexity index is 223. The molecule has 14 heavy (non-hydrogen) atoms. The topological polar surface area (TPSA) is 64.3 Å². The van der Waals surface area contributed by atoms with E-state index < -0.39 is 11.7 Å². The lowest BCUT2D eigenvalue weighted by Gasteiger charge is -2.18. The number of hydrogen-bond acceptors (Lipinski definition) is 3. The first kappa shape index (κ1) is 13.1. The summed E-state index contributed by atoms with van der Waals surface area (Å²) in [5, 5.41) is 0.746. The van der Waals surface area contributed by atoms with Gasteiger partial charge in [-0.15, -0.1) is 0 Å². The second kappa shape index (κ2) is 5.74. The van der Waals surface area contributed by atoms with Gasteiger partial charge >= 0.3 is 11.3 Å². The number of hydrazine groups is 1. The molecular formula is C8H18N3O2S+. The summed E-state index contributed by atoms with van der Waals surface area (Å²) in [5.74, 6) is 0. The standard InChI is InChI=1S/C8H17N3O2S/c1-8(2,3)13-7(12)11-10-6(9-4)14-5/h1-5H3,(H,9,10)(H,11,12)/p+1. The molecule has 0 aromatic carbocycles. The van der Waals surface area contributed by atoms with Crippen molar-refractivity contribution < 1.29 is 14.5 Å². The number of carbonyl (C=O) groups excluding carboxylic acids is 1. The van der Waals surface area contributed by atoms with Gasteiger partial charge in [-0.1, -0.05) is 0 Å². The minimum Gasteiger partial charge on any atom is -0.442 e. The van der Waals surface area contributed by atoms with Gasteiger partial charge in [0.2, 0.25) is 0 Å². The Morgan fingerprint density at radius 2 is 1.93 bits per heavy atom. The zero-order chi connectivity index (χ0) is 11.2. The molecular weight excluding hydrogens is 202 g/mol. The van der Waals surface area contributed by atoms with Crippen LogP contribution in [0, 0.1) is 0 Å². The smallest absolute Gasteiger partial charge is 0.442 e. The van der Waals surface area contributed by atoms with Gasteiger partial charge in [-0.05, 0) is 38.8 Å². The molecule has 0 unspecified atom stereocenters. The van der Waals surface area contributed by atoms with Gasteiger partial charge in [0.05, 0.1) is 7.05 Å². The summed E-state index contributed by atoms with van der Waals surface area (Å²) in [6.07, 6.45) is 1.38. The quantitative estimate of drug-likeness (QED) is 0.291. The molecule has 0 fully saturated rings. The van der Waals surface area contributed by atoms with Crippen molar-refractivity contribution in [3.8, 4) is 0 Å². The number of thioether (sulfide) groups is 1. The summed E-state index contributed by atoms with van der Waals surface area (Å²) in [6, 6.07) is 0. The van der Waals surface area contributed by atoms with E-state index in [0.29, 0.717) is 0 Å². The summed E-state index contributed by atoms with van der Waals surface area (Å²) in [5.41, 5.74) is 4.61. The number of nitrogens with one attached hydrogen (secondary N) is 3. The maximum atomic E-state index is 11.1. The molecule has 3 N–H and O–H groups in total. The fraction of sp³-hybridized carbons (Fsp3) is 0.750. The lowest BCUT2D eigenvalue weighted by Crippen LogP contribution is -2.72. The molecule has 82 valence electrons. The van der Waals surface area contributed by atoms with Crippen LogP contribution in [0.5, 0.6) is 0 Å². The molecule has 0 aromatic heterocycles. The highest BCUT2D eigenvalue weighted by molar-refractivity contribution is 8.12. The second-order valence-corrected chi connectivity index (χ2v) is 4.35. The van der Waals surface area contributed by atoms with Crippen molar-refractivity contribution in [2.75, 3.05) is 13.3 Å². The summed E-state index contributed by atoms with van der Waals surface area (Å²) in [4.78, 5) is 14.0. The average Bonchev–Trinajstić information content (AvgIpc) is 2.03. The van der Waals surface area contributed by atoms with Crippen molar-refractivity contribution in [2.24, 2.45) is 0 Å². The third-order valence-corrected chi connectivity index (χ3v) is 1.82. The van der Waals surface area contributed by atoms with Crippen LogP contribution in [0.25, 0.3) is 0 Å². The molecule has 0 saturated heterocycles. The fourth-order valence-electron chi connectivity index (χ4n) is 0.627. The molecule has 0 saturated carbocycles. The van der Waals surface area contributed by atoms with Gasteiger partial charge in [-0.2, -0.15) is 10.9 Å². The fourth-order valence-corrected chi connectivity index (χ4v) is 0.984. The van der Waals surface area contributed by atoms with E-state index in [1.165, 1.54) is 11.8 Å². The van der Waals surface area contributed by atoms with Gasteiger partial charge in [0.1, 0.15) is 5.60 Å². The zero-order valence-corrected chi connectivity index (χ0v) is 10.0.